The average Bonchev–Trinajstić information content (AvgIpc) is 3.21. The highest BCUT2D eigenvalue weighted by Crippen LogP contribution is 2.35. The second kappa shape index (κ2) is 6.72. The average molecular weight is 276 g/mol. The monoisotopic (exact) mass is 276 g/mol. The fourth-order valence-electron chi connectivity index (χ4n) is 3.35. The number of hydrogen-bond donors (Lipinski definition) is 1. The van der Waals surface area contributed by atoms with E-state index < -0.39 is 0 Å². The Kier molecular flexibility index (Phi) is 4.73. The van der Waals surface area contributed by atoms with Gasteiger partial charge in [-0.05, 0) is 57.7 Å². The van der Waals surface area contributed by atoms with Crippen molar-refractivity contribution in [3.8, 4) is 0 Å². The second-order valence-electron chi connectivity index (χ2n) is 6.45. The summed E-state index contributed by atoms with van der Waals surface area (Å²) in [7, 11) is 0. The Morgan fingerprint density at radius 2 is 2.10 bits per heavy atom. The smallest absolute Gasteiger partial charge is 0.0951 e. The standard InChI is InChI=1S/C16H28N4/c1-2-9-19(11-14-5-7-17-8-6-14)12-16-10-18-13-20(16)15-3-4-15/h10,13-15,17H,2-9,11-12H2,1H3. The summed E-state index contributed by atoms with van der Waals surface area (Å²) in [6.45, 7) is 8.22. The third-order valence-corrected chi connectivity index (χ3v) is 4.59. The van der Waals surface area contributed by atoms with Gasteiger partial charge in [0.25, 0.3) is 0 Å². The largest absolute Gasteiger partial charge is 0.330 e. The summed E-state index contributed by atoms with van der Waals surface area (Å²) in [6, 6.07) is 0.745. The van der Waals surface area contributed by atoms with Crippen LogP contribution in [-0.4, -0.2) is 40.6 Å². The first kappa shape index (κ1) is 14.1. The summed E-state index contributed by atoms with van der Waals surface area (Å²) in [5, 5.41) is 3.47. The maximum absolute atomic E-state index is 4.37. The van der Waals surface area contributed by atoms with Crippen LogP contribution < -0.4 is 5.32 Å². The van der Waals surface area contributed by atoms with Crippen LogP contribution in [0.2, 0.25) is 0 Å². The zero-order chi connectivity index (χ0) is 13.8. The summed E-state index contributed by atoms with van der Waals surface area (Å²) in [6.07, 6.45) is 10.7. The molecule has 112 valence electrons. The van der Waals surface area contributed by atoms with Crippen molar-refractivity contribution in [3.63, 3.8) is 0 Å². The molecule has 20 heavy (non-hydrogen) atoms. The molecule has 0 amide bonds. The Labute approximate surface area is 122 Å². The zero-order valence-corrected chi connectivity index (χ0v) is 12.7. The highest BCUT2D eigenvalue weighted by Gasteiger charge is 2.26. The molecule has 1 saturated carbocycles. The van der Waals surface area contributed by atoms with Crippen molar-refractivity contribution < 1.29 is 0 Å². The molecule has 0 radical (unpaired) electrons. The maximum atomic E-state index is 4.37. The summed E-state index contributed by atoms with van der Waals surface area (Å²) in [4.78, 5) is 7.01. The van der Waals surface area contributed by atoms with Crippen LogP contribution in [0.3, 0.4) is 0 Å². The molecule has 0 atom stereocenters. The van der Waals surface area contributed by atoms with Gasteiger partial charge < -0.3 is 9.88 Å². The Balaban J connectivity index is 1.59. The van der Waals surface area contributed by atoms with E-state index in [1.807, 2.05) is 6.33 Å². The van der Waals surface area contributed by atoms with Crippen LogP contribution in [0.4, 0.5) is 0 Å². The first-order valence-corrected chi connectivity index (χ1v) is 8.30. The normalized spacial score (nSPS) is 20.7. The van der Waals surface area contributed by atoms with Crippen LogP contribution in [0.5, 0.6) is 0 Å². The number of rotatable bonds is 7. The lowest BCUT2D eigenvalue weighted by atomic mass is 9.97. The van der Waals surface area contributed by atoms with E-state index in [0.717, 1.165) is 18.5 Å². The van der Waals surface area contributed by atoms with E-state index in [9.17, 15) is 0 Å². The van der Waals surface area contributed by atoms with Crippen molar-refractivity contribution >= 4 is 0 Å². The molecule has 1 aromatic rings. The molecule has 2 heterocycles. The summed E-state index contributed by atoms with van der Waals surface area (Å²) in [5.74, 6) is 0.875. The van der Waals surface area contributed by atoms with Crippen LogP contribution >= 0.6 is 0 Å². The third kappa shape index (κ3) is 3.61. The van der Waals surface area contributed by atoms with Gasteiger partial charge in [0.05, 0.1) is 12.0 Å². The first-order valence-electron chi connectivity index (χ1n) is 8.30. The molecular formula is C16H28N4. The fourth-order valence-corrected chi connectivity index (χ4v) is 3.35. The van der Waals surface area contributed by atoms with Gasteiger partial charge in [0.1, 0.15) is 0 Å². The lowest BCUT2D eigenvalue weighted by molar-refractivity contribution is 0.195. The number of nitrogens with zero attached hydrogens (tertiary/aromatic N) is 3. The van der Waals surface area contributed by atoms with Gasteiger partial charge in [0.2, 0.25) is 0 Å². The van der Waals surface area contributed by atoms with Gasteiger partial charge in [-0.2, -0.15) is 0 Å². The minimum Gasteiger partial charge on any atom is -0.330 e. The summed E-state index contributed by atoms with van der Waals surface area (Å²) >= 11 is 0. The maximum Gasteiger partial charge on any atom is 0.0951 e. The van der Waals surface area contributed by atoms with Crippen LogP contribution in [0.1, 0.15) is 50.8 Å². The SMILES string of the molecule is CCCN(Cc1cncn1C1CC1)CC1CCNCC1. The molecule has 0 bridgehead atoms. The molecule has 0 aromatic carbocycles. The molecule has 1 saturated heterocycles. The van der Waals surface area contributed by atoms with Crippen LogP contribution in [-0.2, 0) is 6.54 Å². The Morgan fingerprint density at radius 3 is 2.80 bits per heavy atom. The number of nitrogens with one attached hydrogen (secondary N) is 1. The number of aromatic nitrogens is 2. The molecule has 2 aliphatic rings. The van der Waals surface area contributed by atoms with Gasteiger partial charge >= 0.3 is 0 Å². The first-order chi connectivity index (χ1) is 9.86. The Hall–Kier alpha value is -0.870. The van der Waals surface area contributed by atoms with Crippen molar-refractivity contribution in [1.29, 1.82) is 0 Å². The molecule has 1 aromatic heterocycles. The van der Waals surface area contributed by atoms with Crippen molar-refractivity contribution in [3.05, 3.63) is 18.2 Å². The van der Waals surface area contributed by atoms with E-state index in [1.54, 1.807) is 0 Å². The predicted octanol–water partition coefficient (Wildman–Crippen LogP) is 2.43. The van der Waals surface area contributed by atoms with E-state index in [0.29, 0.717) is 0 Å². The third-order valence-electron chi connectivity index (χ3n) is 4.59. The van der Waals surface area contributed by atoms with Crippen LogP contribution in [0, 0.1) is 5.92 Å². The van der Waals surface area contributed by atoms with E-state index in [4.69, 9.17) is 0 Å². The van der Waals surface area contributed by atoms with Gasteiger partial charge in [0.15, 0.2) is 0 Å². The molecule has 0 spiro atoms. The van der Waals surface area contributed by atoms with Crippen LogP contribution in [0.25, 0.3) is 0 Å². The molecule has 2 fully saturated rings. The molecular weight excluding hydrogens is 248 g/mol. The van der Waals surface area contributed by atoms with Crippen LogP contribution in [0.15, 0.2) is 12.5 Å². The predicted molar refractivity (Wildman–Crippen MR) is 81.7 cm³/mol. The summed E-state index contributed by atoms with van der Waals surface area (Å²) < 4.78 is 2.41. The highest BCUT2D eigenvalue weighted by molar-refractivity contribution is 5.03. The molecule has 1 aliphatic carbocycles. The van der Waals surface area contributed by atoms with E-state index in [-0.39, 0.29) is 0 Å². The Bertz CT molecular complexity index is 404. The fraction of sp³-hybridized carbons (Fsp3) is 0.812. The Morgan fingerprint density at radius 1 is 1.30 bits per heavy atom. The number of piperidine rings is 1. The van der Waals surface area contributed by atoms with Crippen molar-refractivity contribution in [1.82, 2.24) is 19.8 Å². The molecule has 1 N–H and O–H groups in total. The topological polar surface area (TPSA) is 33.1 Å². The zero-order valence-electron chi connectivity index (χ0n) is 12.7. The minimum absolute atomic E-state index is 0.745. The molecule has 1 aliphatic heterocycles. The lowest BCUT2D eigenvalue weighted by Crippen LogP contribution is -2.36. The van der Waals surface area contributed by atoms with Crippen molar-refractivity contribution in [2.75, 3.05) is 26.2 Å². The van der Waals surface area contributed by atoms with Gasteiger partial charge in [0, 0.05) is 25.3 Å². The van der Waals surface area contributed by atoms with Gasteiger partial charge in [-0.1, -0.05) is 6.92 Å². The molecule has 4 heteroatoms. The number of hydrogen-bond acceptors (Lipinski definition) is 3. The van der Waals surface area contributed by atoms with Gasteiger partial charge in [-0.25, -0.2) is 4.98 Å². The van der Waals surface area contributed by atoms with Crippen molar-refractivity contribution in [2.45, 2.75) is 51.6 Å². The van der Waals surface area contributed by atoms with Gasteiger partial charge in [-0.3, -0.25) is 4.90 Å². The minimum atomic E-state index is 0.745. The molecule has 3 rings (SSSR count). The lowest BCUT2D eigenvalue weighted by Gasteiger charge is -2.30. The number of imidazole rings is 1. The molecule has 0 unspecified atom stereocenters. The quantitative estimate of drug-likeness (QED) is 0.830. The van der Waals surface area contributed by atoms with Gasteiger partial charge in [-0.15, -0.1) is 0 Å². The van der Waals surface area contributed by atoms with Crippen molar-refractivity contribution in [2.24, 2.45) is 5.92 Å². The van der Waals surface area contributed by atoms with E-state index in [2.05, 4.69) is 32.9 Å². The van der Waals surface area contributed by atoms with E-state index in [1.165, 1.54) is 64.0 Å². The van der Waals surface area contributed by atoms with E-state index >= 15 is 0 Å². The highest BCUT2D eigenvalue weighted by atomic mass is 15.2. The summed E-state index contributed by atoms with van der Waals surface area (Å²) in [5.41, 5.74) is 1.41. The second-order valence-corrected chi connectivity index (χ2v) is 6.45. The molecule has 4 nitrogen and oxygen atoms in total.